The minimum absolute atomic E-state index is 0.376. The van der Waals surface area contributed by atoms with E-state index in [0.29, 0.717) is 12.0 Å². The molecule has 1 aliphatic carbocycles. The lowest BCUT2D eigenvalue weighted by molar-refractivity contribution is 0.498. The zero-order valence-corrected chi connectivity index (χ0v) is 9.47. The molecule has 0 unspecified atom stereocenters. The molecule has 2 N–H and O–H groups in total. The van der Waals surface area contributed by atoms with E-state index in [1.807, 2.05) is 0 Å². The highest BCUT2D eigenvalue weighted by atomic mass is 15.2. The molecule has 1 saturated heterocycles. The number of rotatable bonds is 2. The fourth-order valence-corrected chi connectivity index (χ4v) is 2.27. The summed E-state index contributed by atoms with van der Waals surface area (Å²) in [5.41, 5.74) is 7.13. The summed E-state index contributed by atoms with van der Waals surface area (Å²) in [5, 5.41) is 0. The van der Waals surface area contributed by atoms with Gasteiger partial charge in [-0.05, 0) is 25.7 Å². The Bertz CT molecular complexity index is 367. The highest BCUT2D eigenvalue weighted by molar-refractivity contribution is 5.40. The van der Waals surface area contributed by atoms with Crippen LogP contribution in [0.5, 0.6) is 0 Å². The zero-order chi connectivity index (χ0) is 11.0. The molecule has 1 saturated carbocycles. The van der Waals surface area contributed by atoms with Crippen molar-refractivity contribution in [1.82, 2.24) is 9.97 Å². The average Bonchev–Trinajstić information content (AvgIpc) is 3.14. The predicted octanol–water partition coefficient (Wildman–Crippen LogP) is 1.28. The summed E-state index contributed by atoms with van der Waals surface area (Å²) >= 11 is 0. The van der Waals surface area contributed by atoms with Crippen molar-refractivity contribution in [2.75, 3.05) is 18.0 Å². The Balaban J connectivity index is 1.75. The first-order valence-electron chi connectivity index (χ1n) is 6.15. The third kappa shape index (κ3) is 2.02. The number of hydrogen-bond acceptors (Lipinski definition) is 4. The van der Waals surface area contributed by atoms with Crippen LogP contribution in [0.2, 0.25) is 0 Å². The lowest BCUT2D eigenvalue weighted by atomic mass is 10.1. The van der Waals surface area contributed by atoms with E-state index in [0.717, 1.165) is 31.7 Å². The Morgan fingerprint density at radius 1 is 1.12 bits per heavy atom. The Morgan fingerprint density at radius 3 is 2.56 bits per heavy atom. The van der Waals surface area contributed by atoms with Crippen molar-refractivity contribution in [1.29, 1.82) is 0 Å². The van der Waals surface area contributed by atoms with E-state index in [-0.39, 0.29) is 0 Å². The Kier molecular flexibility index (Phi) is 2.52. The van der Waals surface area contributed by atoms with Gasteiger partial charge in [-0.3, -0.25) is 0 Å². The summed E-state index contributed by atoms with van der Waals surface area (Å²) in [4.78, 5) is 11.1. The van der Waals surface area contributed by atoms with Crippen LogP contribution in [0.1, 0.15) is 37.3 Å². The second-order valence-electron chi connectivity index (χ2n) is 4.90. The smallest absolute Gasteiger partial charge is 0.132 e. The largest absolute Gasteiger partial charge is 0.356 e. The van der Waals surface area contributed by atoms with Crippen molar-refractivity contribution in [3.63, 3.8) is 0 Å². The maximum absolute atomic E-state index is 5.90. The highest BCUT2D eigenvalue weighted by Crippen LogP contribution is 2.39. The van der Waals surface area contributed by atoms with E-state index in [2.05, 4.69) is 20.9 Å². The topological polar surface area (TPSA) is 55.0 Å². The Hall–Kier alpha value is -1.16. The van der Waals surface area contributed by atoms with Crippen LogP contribution < -0.4 is 10.6 Å². The summed E-state index contributed by atoms with van der Waals surface area (Å²) in [5.74, 6) is 1.79. The maximum atomic E-state index is 5.90. The Morgan fingerprint density at radius 2 is 1.88 bits per heavy atom. The van der Waals surface area contributed by atoms with Gasteiger partial charge in [0.05, 0.1) is 0 Å². The van der Waals surface area contributed by atoms with Gasteiger partial charge in [0, 0.05) is 36.8 Å². The fourth-order valence-electron chi connectivity index (χ4n) is 2.27. The SMILES string of the molecule is NC1CCN(c2cc(C3CC3)ncn2)CC1. The monoisotopic (exact) mass is 218 g/mol. The normalized spacial score (nSPS) is 22.4. The molecule has 2 aliphatic rings. The van der Waals surface area contributed by atoms with Crippen LogP contribution in [0.15, 0.2) is 12.4 Å². The number of piperidine rings is 1. The van der Waals surface area contributed by atoms with Gasteiger partial charge in [0.2, 0.25) is 0 Å². The molecule has 0 atom stereocenters. The van der Waals surface area contributed by atoms with Crippen LogP contribution >= 0.6 is 0 Å². The van der Waals surface area contributed by atoms with E-state index in [4.69, 9.17) is 5.73 Å². The Labute approximate surface area is 95.9 Å². The molecule has 0 bridgehead atoms. The van der Waals surface area contributed by atoms with E-state index < -0.39 is 0 Å². The molecule has 3 rings (SSSR count). The number of nitrogens with zero attached hydrogens (tertiary/aromatic N) is 3. The van der Waals surface area contributed by atoms with Gasteiger partial charge < -0.3 is 10.6 Å². The van der Waals surface area contributed by atoms with E-state index in [1.165, 1.54) is 18.5 Å². The molecule has 1 aliphatic heterocycles. The number of anilines is 1. The van der Waals surface area contributed by atoms with Crippen molar-refractivity contribution in [3.8, 4) is 0 Å². The molecule has 2 fully saturated rings. The van der Waals surface area contributed by atoms with Crippen LogP contribution in [-0.2, 0) is 0 Å². The van der Waals surface area contributed by atoms with Gasteiger partial charge in [0.25, 0.3) is 0 Å². The van der Waals surface area contributed by atoms with E-state index in [9.17, 15) is 0 Å². The molecule has 4 nitrogen and oxygen atoms in total. The highest BCUT2D eigenvalue weighted by Gasteiger charge is 2.26. The van der Waals surface area contributed by atoms with Crippen molar-refractivity contribution >= 4 is 5.82 Å². The first-order valence-corrected chi connectivity index (χ1v) is 6.15. The molecule has 16 heavy (non-hydrogen) atoms. The first kappa shape index (κ1) is 10.0. The predicted molar refractivity (Wildman–Crippen MR) is 63.4 cm³/mol. The molecule has 1 aromatic rings. The fraction of sp³-hybridized carbons (Fsp3) is 0.667. The van der Waals surface area contributed by atoms with Crippen molar-refractivity contribution in [2.45, 2.75) is 37.6 Å². The average molecular weight is 218 g/mol. The molecular weight excluding hydrogens is 200 g/mol. The van der Waals surface area contributed by atoms with Gasteiger partial charge in [-0.15, -0.1) is 0 Å². The van der Waals surface area contributed by atoms with Crippen LogP contribution in [0.25, 0.3) is 0 Å². The summed E-state index contributed by atoms with van der Waals surface area (Å²) < 4.78 is 0. The second kappa shape index (κ2) is 4.01. The van der Waals surface area contributed by atoms with Crippen molar-refractivity contribution in [2.24, 2.45) is 5.73 Å². The lowest BCUT2D eigenvalue weighted by Crippen LogP contribution is -2.40. The summed E-state index contributed by atoms with van der Waals surface area (Å²) in [6.07, 6.45) is 6.44. The molecule has 0 radical (unpaired) electrons. The van der Waals surface area contributed by atoms with Gasteiger partial charge in [0.1, 0.15) is 12.1 Å². The van der Waals surface area contributed by atoms with Crippen LogP contribution in [0.4, 0.5) is 5.82 Å². The molecule has 86 valence electrons. The van der Waals surface area contributed by atoms with Gasteiger partial charge in [0.15, 0.2) is 0 Å². The second-order valence-corrected chi connectivity index (χ2v) is 4.90. The number of aromatic nitrogens is 2. The molecule has 0 spiro atoms. The standard InChI is InChI=1S/C12H18N4/c13-10-3-5-16(6-4-10)12-7-11(9-1-2-9)14-8-15-12/h7-10H,1-6,13H2. The summed E-state index contributed by atoms with van der Waals surface area (Å²) in [6, 6.07) is 2.54. The summed E-state index contributed by atoms with van der Waals surface area (Å²) in [7, 11) is 0. The van der Waals surface area contributed by atoms with E-state index >= 15 is 0 Å². The van der Waals surface area contributed by atoms with E-state index in [1.54, 1.807) is 6.33 Å². The van der Waals surface area contributed by atoms with Crippen LogP contribution in [-0.4, -0.2) is 29.1 Å². The molecule has 1 aromatic heterocycles. The molecule has 0 aromatic carbocycles. The summed E-state index contributed by atoms with van der Waals surface area (Å²) in [6.45, 7) is 2.06. The van der Waals surface area contributed by atoms with Crippen LogP contribution in [0, 0.1) is 0 Å². The van der Waals surface area contributed by atoms with Gasteiger partial charge in [-0.25, -0.2) is 9.97 Å². The van der Waals surface area contributed by atoms with Crippen molar-refractivity contribution in [3.05, 3.63) is 18.1 Å². The maximum Gasteiger partial charge on any atom is 0.132 e. The van der Waals surface area contributed by atoms with Crippen LogP contribution in [0.3, 0.4) is 0 Å². The number of hydrogen-bond donors (Lipinski definition) is 1. The van der Waals surface area contributed by atoms with Gasteiger partial charge >= 0.3 is 0 Å². The minimum Gasteiger partial charge on any atom is -0.356 e. The first-order chi connectivity index (χ1) is 7.83. The lowest BCUT2D eigenvalue weighted by Gasteiger charge is -2.31. The quantitative estimate of drug-likeness (QED) is 0.812. The molecule has 4 heteroatoms. The van der Waals surface area contributed by atoms with Gasteiger partial charge in [-0.1, -0.05) is 0 Å². The third-order valence-corrected chi connectivity index (χ3v) is 3.53. The van der Waals surface area contributed by atoms with Crippen molar-refractivity contribution < 1.29 is 0 Å². The molecule has 0 amide bonds. The van der Waals surface area contributed by atoms with Gasteiger partial charge in [-0.2, -0.15) is 0 Å². The number of nitrogens with two attached hydrogens (primary N) is 1. The molecule has 2 heterocycles. The molecular formula is C12H18N4. The zero-order valence-electron chi connectivity index (χ0n) is 9.47. The third-order valence-electron chi connectivity index (χ3n) is 3.53. The minimum atomic E-state index is 0.376.